The molecule has 1 aliphatic heterocycles. The van der Waals surface area contributed by atoms with Crippen molar-refractivity contribution in [3.63, 3.8) is 0 Å². The quantitative estimate of drug-likeness (QED) is 0.0226. The Morgan fingerprint density at radius 1 is 0.890 bits per heavy atom. The number of methoxy groups -OCH3 is 2. The highest BCUT2D eigenvalue weighted by Crippen LogP contribution is 2.53. The molecule has 1 aliphatic rings. The van der Waals surface area contributed by atoms with Crippen LogP contribution in [-0.2, 0) is 40.4 Å². The number of nitrogens with one attached hydrogen (secondary N) is 3. The lowest BCUT2D eigenvalue weighted by molar-refractivity contribution is -0.118. The van der Waals surface area contributed by atoms with Gasteiger partial charge in [0.2, 0.25) is 11.9 Å². The number of carbonyl (C=O) groups is 2. The van der Waals surface area contributed by atoms with Crippen molar-refractivity contribution in [1.82, 2.24) is 30.2 Å². The van der Waals surface area contributed by atoms with Gasteiger partial charge >= 0.3 is 0 Å². The molecule has 436 valence electrons. The molecule has 0 unspecified atom stereocenters. The monoisotopic (exact) mass is 1190 g/mol. The molecule has 0 spiro atoms. The number of benzene rings is 3. The van der Waals surface area contributed by atoms with Gasteiger partial charge in [-0.2, -0.15) is 10.2 Å². The fourth-order valence-corrected chi connectivity index (χ4v) is 10.6. The summed E-state index contributed by atoms with van der Waals surface area (Å²) in [5, 5.41) is 20.8. The second-order valence-corrected chi connectivity index (χ2v) is 21.6. The van der Waals surface area contributed by atoms with Gasteiger partial charge in [0.1, 0.15) is 46.0 Å². The molecular weight excluding hydrogens is 1120 g/mol. The maximum Gasteiger partial charge on any atom is 0.251 e. The van der Waals surface area contributed by atoms with Crippen LogP contribution in [0, 0.1) is 54.1 Å². The molecular formula is C59H66Cl3F2N9O9. The second-order valence-electron chi connectivity index (χ2n) is 20.4. The van der Waals surface area contributed by atoms with E-state index in [4.69, 9.17) is 73.7 Å². The Balaban J connectivity index is 0.791. The minimum atomic E-state index is -1.82. The predicted molar refractivity (Wildman–Crippen MR) is 309 cm³/mol. The number of pyridine rings is 1. The third-order valence-electron chi connectivity index (χ3n) is 13.6. The van der Waals surface area contributed by atoms with E-state index in [1.54, 1.807) is 13.3 Å². The van der Waals surface area contributed by atoms with Crippen LogP contribution in [0.4, 0.5) is 20.4 Å². The van der Waals surface area contributed by atoms with Crippen LogP contribution in [-0.4, -0.2) is 130 Å². The van der Waals surface area contributed by atoms with Gasteiger partial charge in [-0.3, -0.25) is 14.6 Å². The fourth-order valence-electron chi connectivity index (χ4n) is 9.94. The third kappa shape index (κ3) is 15.3. The molecule has 2 amide bonds. The normalized spacial score (nSPS) is 16.8. The third-order valence-corrected chi connectivity index (χ3v) is 14.4. The standard InChI is InChI=1S/C59H66Cl3F2N9O9/c1-35-31-68-45(36(2)52(35)77-7)33-73-32-38(48-53(62)71-57(66)72-54(48)73)10-9-18-78-20-22-80-24-26-82-27-25-81-23-21-79-19-17-67-55(74)37-13-16-44(46(28-37)76-6)69-56(75)51-49(40-11-8-12-42(61)50(40)64)59(34-65,47(70-51)30-58(3,4)5)41-15-14-39(60)29-43(41)63/h8,11-16,28-29,31-32,47,49,51,70H,17-27,30,33H2,1-7H3,(H,67,74)(H,69,75)(H2,66,71,72)/t47-,49-,51+,59-/m0/s1. The predicted octanol–water partition coefficient (Wildman–Crippen LogP) is 9.15. The average molecular weight is 1190 g/mol. The zero-order valence-electron chi connectivity index (χ0n) is 46.7. The molecule has 0 aliphatic carbocycles. The molecule has 0 saturated carbocycles. The van der Waals surface area contributed by atoms with Crippen molar-refractivity contribution in [3.05, 3.63) is 133 Å². The van der Waals surface area contributed by atoms with Crippen molar-refractivity contribution in [1.29, 1.82) is 5.26 Å². The highest BCUT2D eigenvalue weighted by atomic mass is 35.5. The largest absolute Gasteiger partial charge is 0.496 e. The number of aromatic nitrogens is 4. The van der Waals surface area contributed by atoms with Gasteiger partial charge in [0.15, 0.2) is 0 Å². The lowest BCUT2D eigenvalue weighted by Gasteiger charge is -2.37. The number of hydrogen-bond acceptors (Lipinski definition) is 15. The molecule has 82 heavy (non-hydrogen) atoms. The van der Waals surface area contributed by atoms with Gasteiger partial charge in [-0.05, 0) is 67.6 Å². The maximum absolute atomic E-state index is 16.2. The fraction of sp³-hybridized carbons (Fsp3) is 0.424. The number of fused-ring (bicyclic) bond motifs is 1. The molecule has 4 atom stereocenters. The van der Waals surface area contributed by atoms with Crippen LogP contribution in [0.2, 0.25) is 15.2 Å². The van der Waals surface area contributed by atoms with E-state index in [2.05, 4.69) is 48.8 Å². The first-order chi connectivity index (χ1) is 39.3. The average Bonchev–Trinajstić information content (AvgIpc) is 2.15. The number of halogens is 5. The van der Waals surface area contributed by atoms with Crippen molar-refractivity contribution in [3.8, 4) is 29.4 Å². The number of nitrogens with zero attached hydrogens (tertiary/aromatic N) is 5. The van der Waals surface area contributed by atoms with E-state index < -0.39 is 52.3 Å². The first kappa shape index (κ1) is 62.9. The Kier molecular flexibility index (Phi) is 22.3. The summed E-state index contributed by atoms with van der Waals surface area (Å²) in [6.45, 7) is 13.4. The highest BCUT2D eigenvalue weighted by Gasteiger charge is 2.61. The highest BCUT2D eigenvalue weighted by molar-refractivity contribution is 6.34. The summed E-state index contributed by atoms with van der Waals surface area (Å²) in [5.41, 5.74) is 7.85. The van der Waals surface area contributed by atoms with Gasteiger partial charge < -0.3 is 59.4 Å². The van der Waals surface area contributed by atoms with Crippen LogP contribution < -0.4 is 31.2 Å². The van der Waals surface area contributed by atoms with Gasteiger partial charge in [0.25, 0.3) is 5.91 Å². The number of carbonyl (C=O) groups excluding carboxylic acids is 2. The summed E-state index contributed by atoms with van der Waals surface area (Å²) in [6.07, 6.45) is 3.91. The van der Waals surface area contributed by atoms with E-state index in [1.165, 1.54) is 55.6 Å². The molecule has 5 N–H and O–H groups in total. The number of aryl methyl sites for hydroxylation is 1. The first-order valence-electron chi connectivity index (χ1n) is 26.3. The summed E-state index contributed by atoms with van der Waals surface area (Å²) in [7, 11) is 3.01. The molecule has 3 aromatic carbocycles. The molecule has 1 fully saturated rings. The van der Waals surface area contributed by atoms with Crippen LogP contribution in [0.15, 0.2) is 67.0 Å². The smallest absolute Gasteiger partial charge is 0.251 e. The number of ether oxygens (including phenoxy) is 7. The van der Waals surface area contributed by atoms with Gasteiger partial charge in [-0.1, -0.05) is 85.6 Å². The lowest BCUT2D eigenvalue weighted by Crippen LogP contribution is -2.45. The lowest BCUT2D eigenvalue weighted by atomic mass is 9.62. The Hall–Kier alpha value is -6.69. The first-order valence-corrected chi connectivity index (χ1v) is 27.5. The second kappa shape index (κ2) is 29.0. The number of nitrogen functional groups attached to an aromatic ring is 1. The van der Waals surface area contributed by atoms with E-state index in [9.17, 15) is 14.9 Å². The molecule has 7 rings (SSSR count). The molecule has 18 nitrogen and oxygen atoms in total. The minimum Gasteiger partial charge on any atom is -0.496 e. The zero-order chi connectivity index (χ0) is 59.1. The number of nitriles is 1. The topological polar surface area (TPSA) is 228 Å². The van der Waals surface area contributed by atoms with Crippen LogP contribution in [0.1, 0.15) is 77.0 Å². The van der Waals surface area contributed by atoms with Crippen molar-refractivity contribution in [2.24, 2.45) is 5.41 Å². The number of hydrogen-bond donors (Lipinski definition) is 4. The van der Waals surface area contributed by atoms with Crippen LogP contribution in [0.3, 0.4) is 0 Å². The van der Waals surface area contributed by atoms with E-state index in [1.807, 2.05) is 45.4 Å². The Morgan fingerprint density at radius 2 is 1.57 bits per heavy atom. The van der Waals surface area contributed by atoms with Gasteiger partial charge in [-0.25, -0.2) is 13.8 Å². The summed E-state index contributed by atoms with van der Waals surface area (Å²) in [4.78, 5) is 40.9. The molecule has 23 heteroatoms. The van der Waals surface area contributed by atoms with Crippen molar-refractivity contribution in [2.75, 3.05) is 97.9 Å². The number of nitrogens with two attached hydrogens (primary N) is 1. The number of amides is 2. The molecule has 4 heterocycles. The minimum absolute atomic E-state index is 0.0483. The SMILES string of the molecule is COc1cc(C(=O)NCCOCCOCCOCCOCCOCC#Cc2cn(Cc3ncc(C)c(OC)c3C)c3nc(N)nc(Cl)c23)ccc1NC(=O)[C@@H]1N[C@@H](CC(C)(C)C)[C@](C#N)(c2ccc(Cl)cc2F)[C@H]1c1cccc(Cl)c1F. The summed E-state index contributed by atoms with van der Waals surface area (Å²) < 4.78 is 73.3. The summed E-state index contributed by atoms with van der Waals surface area (Å²) in [5.74, 6) is 3.11. The summed E-state index contributed by atoms with van der Waals surface area (Å²) in [6, 6.07) is 12.9. The molecule has 0 radical (unpaired) electrons. The van der Waals surface area contributed by atoms with Crippen LogP contribution >= 0.6 is 34.8 Å². The Bertz CT molecular complexity index is 3350. The van der Waals surface area contributed by atoms with E-state index >= 15 is 8.78 Å². The maximum atomic E-state index is 16.2. The van der Waals surface area contributed by atoms with Crippen LogP contribution in [0.5, 0.6) is 11.5 Å². The molecule has 1 saturated heterocycles. The van der Waals surface area contributed by atoms with E-state index in [0.717, 1.165) is 28.6 Å². The van der Waals surface area contributed by atoms with Crippen molar-refractivity contribution < 1.29 is 51.5 Å². The van der Waals surface area contributed by atoms with E-state index in [-0.39, 0.29) is 75.6 Å². The van der Waals surface area contributed by atoms with Gasteiger partial charge in [0.05, 0.1) is 120 Å². The van der Waals surface area contributed by atoms with Gasteiger partial charge in [-0.15, -0.1) is 0 Å². The summed E-state index contributed by atoms with van der Waals surface area (Å²) >= 11 is 19.0. The molecule has 6 aromatic rings. The molecule has 3 aromatic heterocycles. The van der Waals surface area contributed by atoms with Crippen LogP contribution in [0.25, 0.3) is 11.0 Å². The van der Waals surface area contributed by atoms with E-state index in [0.29, 0.717) is 75.8 Å². The zero-order valence-corrected chi connectivity index (χ0v) is 48.9. The van der Waals surface area contributed by atoms with Gasteiger partial charge in [0, 0.05) is 58.2 Å². The number of rotatable bonds is 26. The Labute approximate surface area is 490 Å². The number of anilines is 2. The van der Waals surface area contributed by atoms with Crippen molar-refractivity contribution >= 4 is 69.3 Å². The Morgan fingerprint density at radius 3 is 2.22 bits per heavy atom. The molecule has 0 bridgehead atoms. The van der Waals surface area contributed by atoms with Crippen molar-refractivity contribution in [2.45, 2.75) is 71.0 Å².